The molecule has 2 rings (SSSR count). The maximum Gasteiger partial charge on any atom is 0.161 e. The van der Waals surface area contributed by atoms with Gasteiger partial charge in [0.15, 0.2) is 11.5 Å². The summed E-state index contributed by atoms with van der Waals surface area (Å²) in [7, 11) is 0. The Kier molecular flexibility index (Phi) is 5.30. The average molecular weight is 277 g/mol. The first-order valence-corrected chi connectivity index (χ1v) is 7.68. The Labute approximate surface area is 122 Å². The Bertz CT molecular complexity index is 429. The summed E-state index contributed by atoms with van der Waals surface area (Å²) < 4.78 is 11.3. The van der Waals surface area contributed by atoms with E-state index in [1.807, 2.05) is 6.07 Å². The summed E-state index contributed by atoms with van der Waals surface area (Å²) >= 11 is 0. The first-order chi connectivity index (χ1) is 9.58. The van der Waals surface area contributed by atoms with Gasteiger partial charge in [0.1, 0.15) is 13.2 Å². The maximum atomic E-state index is 5.69. The van der Waals surface area contributed by atoms with Crippen LogP contribution in [0.2, 0.25) is 0 Å². The molecule has 0 amide bonds. The van der Waals surface area contributed by atoms with E-state index >= 15 is 0 Å². The van der Waals surface area contributed by atoms with Gasteiger partial charge in [0.25, 0.3) is 0 Å². The lowest BCUT2D eigenvalue weighted by atomic mass is 9.88. The van der Waals surface area contributed by atoms with Crippen molar-refractivity contribution in [2.24, 2.45) is 11.8 Å². The second-order valence-electron chi connectivity index (χ2n) is 6.31. The van der Waals surface area contributed by atoms with Gasteiger partial charge >= 0.3 is 0 Å². The van der Waals surface area contributed by atoms with Crippen LogP contribution in [0.4, 0.5) is 0 Å². The minimum Gasteiger partial charge on any atom is -0.486 e. The monoisotopic (exact) mass is 277 g/mol. The van der Waals surface area contributed by atoms with Gasteiger partial charge < -0.3 is 14.8 Å². The Morgan fingerprint density at radius 2 is 1.70 bits per heavy atom. The minimum atomic E-state index is 0.504. The molecule has 1 N–H and O–H groups in total. The quantitative estimate of drug-likeness (QED) is 0.864. The fraction of sp³-hybridized carbons (Fsp3) is 0.647. The zero-order chi connectivity index (χ0) is 14.5. The van der Waals surface area contributed by atoms with Gasteiger partial charge in [-0.05, 0) is 42.0 Å². The summed E-state index contributed by atoms with van der Waals surface area (Å²) in [5, 5.41) is 3.57. The molecule has 1 aromatic rings. The Morgan fingerprint density at radius 1 is 1.00 bits per heavy atom. The predicted molar refractivity (Wildman–Crippen MR) is 82.7 cm³/mol. The predicted octanol–water partition coefficient (Wildman–Crippen LogP) is 3.44. The van der Waals surface area contributed by atoms with Gasteiger partial charge in [-0.3, -0.25) is 0 Å². The number of ether oxygens (including phenoxy) is 2. The number of hydrogen-bond donors (Lipinski definition) is 1. The van der Waals surface area contributed by atoms with E-state index in [0.717, 1.165) is 24.6 Å². The van der Waals surface area contributed by atoms with Crippen LogP contribution in [-0.4, -0.2) is 26.3 Å². The summed E-state index contributed by atoms with van der Waals surface area (Å²) in [5.74, 6) is 3.55. The third-order valence-electron chi connectivity index (χ3n) is 3.72. The highest BCUT2D eigenvalue weighted by Crippen LogP contribution is 2.35. The van der Waals surface area contributed by atoms with Gasteiger partial charge in [0, 0.05) is 6.54 Å². The molecule has 1 aliphatic rings. The fourth-order valence-corrected chi connectivity index (χ4v) is 2.56. The minimum absolute atomic E-state index is 0.504. The van der Waals surface area contributed by atoms with Crippen molar-refractivity contribution in [3.63, 3.8) is 0 Å². The largest absolute Gasteiger partial charge is 0.486 e. The SMILES string of the molecule is CC(C)CNCC(c1ccc2c(c1)OCCO2)C(C)C. The van der Waals surface area contributed by atoms with Gasteiger partial charge in [0.2, 0.25) is 0 Å². The van der Waals surface area contributed by atoms with Gasteiger partial charge in [-0.1, -0.05) is 33.8 Å². The summed E-state index contributed by atoms with van der Waals surface area (Å²) in [6.07, 6.45) is 0. The van der Waals surface area contributed by atoms with E-state index in [9.17, 15) is 0 Å². The lowest BCUT2D eigenvalue weighted by Gasteiger charge is -2.25. The van der Waals surface area contributed by atoms with Gasteiger partial charge in [0.05, 0.1) is 0 Å². The zero-order valence-corrected chi connectivity index (χ0v) is 13.1. The van der Waals surface area contributed by atoms with Gasteiger partial charge in [-0.25, -0.2) is 0 Å². The van der Waals surface area contributed by atoms with Gasteiger partial charge in [-0.2, -0.15) is 0 Å². The molecule has 0 saturated carbocycles. The van der Waals surface area contributed by atoms with Crippen LogP contribution in [0.3, 0.4) is 0 Å². The van der Waals surface area contributed by atoms with E-state index in [1.54, 1.807) is 0 Å². The van der Waals surface area contributed by atoms with E-state index < -0.39 is 0 Å². The van der Waals surface area contributed by atoms with Crippen LogP contribution >= 0.6 is 0 Å². The highest BCUT2D eigenvalue weighted by molar-refractivity contribution is 5.45. The van der Waals surface area contributed by atoms with E-state index in [-0.39, 0.29) is 0 Å². The van der Waals surface area contributed by atoms with Crippen molar-refractivity contribution in [3.05, 3.63) is 23.8 Å². The number of nitrogens with one attached hydrogen (secondary N) is 1. The molecule has 0 aliphatic carbocycles. The molecule has 0 aromatic heterocycles. The highest BCUT2D eigenvalue weighted by atomic mass is 16.6. The number of benzene rings is 1. The maximum absolute atomic E-state index is 5.69. The number of hydrogen-bond acceptors (Lipinski definition) is 3. The summed E-state index contributed by atoms with van der Waals surface area (Å²) in [6.45, 7) is 12.4. The Hall–Kier alpha value is -1.22. The molecule has 1 aliphatic heterocycles. The molecular weight excluding hydrogens is 250 g/mol. The van der Waals surface area contributed by atoms with Crippen molar-refractivity contribution in [1.29, 1.82) is 0 Å². The average Bonchev–Trinajstić information content (AvgIpc) is 2.42. The fourth-order valence-electron chi connectivity index (χ4n) is 2.56. The smallest absolute Gasteiger partial charge is 0.161 e. The molecule has 0 spiro atoms. The van der Waals surface area contributed by atoms with Crippen molar-refractivity contribution >= 4 is 0 Å². The summed E-state index contributed by atoms with van der Waals surface area (Å²) in [5.41, 5.74) is 1.33. The molecule has 0 fully saturated rings. The van der Waals surface area contributed by atoms with Crippen LogP contribution in [0, 0.1) is 11.8 Å². The van der Waals surface area contributed by atoms with E-state index in [2.05, 4.69) is 45.1 Å². The first-order valence-electron chi connectivity index (χ1n) is 7.68. The standard InChI is InChI=1S/C17H27NO2/c1-12(2)10-18-11-15(13(3)4)14-5-6-16-17(9-14)20-8-7-19-16/h5-6,9,12-13,15,18H,7-8,10-11H2,1-4H3. The van der Waals surface area contributed by atoms with Crippen molar-refractivity contribution in [1.82, 2.24) is 5.32 Å². The molecule has 112 valence electrons. The van der Waals surface area contributed by atoms with E-state index in [1.165, 1.54) is 5.56 Å². The zero-order valence-electron chi connectivity index (χ0n) is 13.1. The second kappa shape index (κ2) is 6.98. The van der Waals surface area contributed by atoms with Crippen molar-refractivity contribution < 1.29 is 9.47 Å². The van der Waals surface area contributed by atoms with E-state index in [0.29, 0.717) is 31.0 Å². The molecule has 1 heterocycles. The topological polar surface area (TPSA) is 30.5 Å². The van der Waals surface area contributed by atoms with E-state index in [4.69, 9.17) is 9.47 Å². The summed E-state index contributed by atoms with van der Waals surface area (Å²) in [6, 6.07) is 6.37. The molecular formula is C17H27NO2. The van der Waals surface area contributed by atoms with Crippen LogP contribution in [0.15, 0.2) is 18.2 Å². The van der Waals surface area contributed by atoms with Crippen LogP contribution in [0.5, 0.6) is 11.5 Å². The lowest BCUT2D eigenvalue weighted by Crippen LogP contribution is -2.28. The van der Waals surface area contributed by atoms with Crippen molar-refractivity contribution in [2.75, 3.05) is 26.3 Å². The number of rotatable bonds is 6. The molecule has 3 heteroatoms. The molecule has 1 unspecified atom stereocenters. The molecule has 3 nitrogen and oxygen atoms in total. The Balaban J connectivity index is 2.08. The molecule has 1 aromatic carbocycles. The molecule has 20 heavy (non-hydrogen) atoms. The highest BCUT2D eigenvalue weighted by Gasteiger charge is 2.19. The molecule has 1 atom stereocenters. The van der Waals surface area contributed by atoms with Crippen LogP contribution in [0.25, 0.3) is 0 Å². The Morgan fingerprint density at radius 3 is 2.35 bits per heavy atom. The van der Waals surface area contributed by atoms with Gasteiger partial charge in [-0.15, -0.1) is 0 Å². The molecule has 0 saturated heterocycles. The molecule has 0 bridgehead atoms. The van der Waals surface area contributed by atoms with Crippen molar-refractivity contribution in [3.8, 4) is 11.5 Å². The first kappa shape index (κ1) is 15.2. The molecule has 0 radical (unpaired) electrons. The summed E-state index contributed by atoms with van der Waals surface area (Å²) in [4.78, 5) is 0. The number of fused-ring (bicyclic) bond motifs is 1. The lowest BCUT2D eigenvalue weighted by molar-refractivity contribution is 0.171. The second-order valence-corrected chi connectivity index (χ2v) is 6.31. The van der Waals surface area contributed by atoms with Crippen LogP contribution in [-0.2, 0) is 0 Å². The van der Waals surface area contributed by atoms with Crippen LogP contribution in [0.1, 0.15) is 39.2 Å². The van der Waals surface area contributed by atoms with Crippen molar-refractivity contribution in [2.45, 2.75) is 33.6 Å². The van der Waals surface area contributed by atoms with Crippen LogP contribution < -0.4 is 14.8 Å². The normalized spacial score (nSPS) is 15.7. The third kappa shape index (κ3) is 3.89. The third-order valence-corrected chi connectivity index (χ3v) is 3.72.